The Morgan fingerprint density at radius 2 is 2.33 bits per heavy atom. The van der Waals surface area contributed by atoms with Crippen LogP contribution in [0, 0.1) is 0 Å². The lowest BCUT2D eigenvalue weighted by atomic mass is 10.0. The summed E-state index contributed by atoms with van der Waals surface area (Å²) < 4.78 is 9.89. The summed E-state index contributed by atoms with van der Waals surface area (Å²) >= 11 is 0. The molecule has 0 saturated heterocycles. The Hall–Kier alpha value is -2.24. The minimum absolute atomic E-state index is 0.123. The SMILES string of the molecule is COC(=O)c1nnc2c3c1C=CCCC3OC2=O. The Morgan fingerprint density at radius 3 is 3.11 bits per heavy atom. The van der Waals surface area contributed by atoms with Crippen LogP contribution in [-0.2, 0) is 9.47 Å². The fourth-order valence-corrected chi connectivity index (χ4v) is 2.25. The number of allylic oxidation sites excluding steroid dienone is 1. The van der Waals surface area contributed by atoms with Gasteiger partial charge < -0.3 is 9.47 Å². The van der Waals surface area contributed by atoms with Crippen molar-refractivity contribution >= 4 is 18.0 Å². The van der Waals surface area contributed by atoms with E-state index in [0.717, 1.165) is 6.42 Å². The second kappa shape index (κ2) is 3.90. The van der Waals surface area contributed by atoms with Crippen molar-refractivity contribution in [2.24, 2.45) is 0 Å². The fraction of sp³-hybridized carbons (Fsp3) is 0.333. The third kappa shape index (κ3) is 1.42. The van der Waals surface area contributed by atoms with Crippen molar-refractivity contribution in [2.75, 3.05) is 7.11 Å². The van der Waals surface area contributed by atoms with E-state index in [2.05, 4.69) is 14.9 Å². The van der Waals surface area contributed by atoms with Gasteiger partial charge in [0.2, 0.25) is 0 Å². The lowest BCUT2D eigenvalue weighted by Crippen LogP contribution is -2.12. The second-order valence-electron chi connectivity index (χ2n) is 4.09. The molecule has 0 aromatic carbocycles. The van der Waals surface area contributed by atoms with E-state index in [1.54, 1.807) is 6.08 Å². The largest absolute Gasteiger partial charge is 0.464 e. The molecule has 1 unspecified atom stereocenters. The maximum absolute atomic E-state index is 11.6. The molecule has 0 bridgehead atoms. The Labute approximate surface area is 103 Å². The molecule has 6 heteroatoms. The van der Waals surface area contributed by atoms with E-state index < -0.39 is 11.9 Å². The number of ether oxygens (including phenoxy) is 2. The summed E-state index contributed by atoms with van der Waals surface area (Å²) in [5.74, 6) is -1.04. The lowest BCUT2D eigenvalue weighted by Gasteiger charge is -2.10. The Balaban J connectivity index is 2.26. The van der Waals surface area contributed by atoms with E-state index in [1.165, 1.54) is 7.11 Å². The minimum atomic E-state index is -0.565. The van der Waals surface area contributed by atoms with Gasteiger partial charge in [0.05, 0.1) is 7.11 Å². The van der Waals surface area contributed by atoms with Crippen LogP contribution in [0.2, 0.25) is 0 Å². The van der Waals surface area contributed by atoms with E-state index >= 15 is 0 Å². The maximum atomic E-state index is 11.6. The number of methoxy groups -OCH3 is 1. The third-order valence-corrected chi connectivity index (χ3v) is 3.07. The molecule has 0 N–H and O–H groups in total. The van der Waals surface area contributed by atoms with Gasteiger partial charge in [-0.25, -0.2) is 9.59 Å². The van der Waals surface area contributed by atoms with Crippen LogP contribution < -0.4 is 0 Å². The third-order valence-electron chi connectivity index (χ3n) is 3.07. The molecule has 2 aliphatic rings. The summed E-state index contributed by atoms with van der Waals surface area (Å²) in [5.41, 5.74) is 1.57. The highest BCUT2D eigenvalue weighted by atomic mass is 16.5. The number of hydrogen-bond donors (Lipinski definition) is 0. The number of rotatable bonds is 1. The van der Waals surface area contributed by atoms with Gasteiger partial charge in [0.25, 0.3) is 0 Å². The normalized spacial score (nSPS) is 20.1. The van der Waals surface area contributed by atoms with E-state index in [-0.39, 0.29) is 17.5 Å². The summed E-state index contributed by atoms with van der Waals surface area (Å²) in [4.78, 5) is 23.2. The van der Waals surface area contributed by atoms with Gasteiger partial charge in [-0.2, -0.15) is 0 Å². The van der Waals surface area contributed by atoms with Crippen molar-refractivity contribution < 1.29 is 19.1 Å². The Morgan fingerprint density at radius 1 is 1.50 bits per heavy atom. The van der Waals surface area contributed by atoms with Crippen LogP contribution in [-0.4, -0.2) is 29.2 Å². The van der Waals surface area contributed by atoms with Crippen LogP contribution in [0.4, 0.5) is 0 Å². The first-order valence-electron chi connectivity index (χ1n) is 5.58. The topological polar surface area (TPSA) is 78.4 Å². The Bertz CT molecular complexity index is 580. The molecule has 0 saturated carbocycles. The monoisotopic (exact) mass is 246 g/mol. The van der Waals surface area contributed by atoms with E-state index in [4.69, 9.17) is 4.74 Å². The fourth-order valence-electron chi connectivity index (χ4n) is 2.25. The van der Waals surface area contributed by atoms with Crippen molar-refractivity contribution in [3.63, 3.8) is 0 Å². The predicted octanol–water partition coefficient (Wildman–Crippen LogP) is 1.28. The van der Waals surface area contributed by atoms with Crippen molar-refractivity contribution in [1.82, 2.24) is 10.2 Å². The first kappa shape index (κ1) is 10.9. The number of esters is 2. The molecule has 3 rings (SSSR count). The molecule has 2 heterocycles. The van der Waals surface area contributed by atoms with Crippen molar-refractivity contribution in [1.29, 1.82) is 0 Å². The standard InChI is InChI=1S/C12H10N2O4/c1-17-11(15)9-6-4-2-3-5-7-8(6)10(14-13-9)12(16)18-7/h2,4,7H,3,5H2,1H3. The molecule has 0 spiro atoms. The summed E-state index contributed by atoms with van der Waals surface area (Å²) in [7, 11) is 1.28. The summed E-state index contributed by atoms with van der Waals surface area (Å²) in [6.07, 6.45) is 4.83. The lowest BCUT2D eigenvalue weighted by molar-refractivity contribution is 0.0368. The highest BCUT2D eigenvalue weighted by Crippen LogP contribution is 2.38. The van der Waals surface area contributed by atoms with Crippen LogP contribution in [0.3, 0.4) is 0 Å². The van der Waals surface area contributed by atoms with Gasteiger partial charge in [-0.3, -0.25) is 0 Å². The smallest absolute Gasteiger partial charge is 0.359 e. The van der Waals surface area contributed by atoms with E-state index in [9.17, 15) is 9.59 Å². The molecule has 6 nitrogen and oxygen atoms in total. The van der Waals surface area contributed by atoms with Crippen LogP contribution in [0.15, 0.2) is 6.08 Å². The van der Waals surface area contributed by atoms with Crippen LogP contribution >= 0.6 is 0 Å². The highest BCUT2D eigenvalue weighted by molar-refractivity contribution is 5.97. The molecule has 1 aliphatic carbocycles. The quantitative estimate of drug-likeness (QED) is 0.694. The van der Waals surface area contributed by atoms with E-state index in [0.29, 0.717) is 17.5 Å². The highest BCUT2D eigenvalue weighted by Gasteiger charge is 2.37. The maximum Gasteiger partial charge on any atom is 0.359 e. The van der Waals surface area contributed by atoms with Gasteiger partial charge in [0.1, 0.15) is 6.10 Å². The zero-order chi connectivity index (χ0) is 12.7. The number of carbonyl (C=O) groups is 2. The average molecular weight is 246 g/mol. The number of nitrogens with zero attached hydrogens (tertiary/aromatic N) is 2. The van der Waals surface area contributed by atoms with Gasteiger partial charge >= 0.3 is 11.9 Å². The summed E-state index contributed by atoms with van der Waals surface area (Å²) in [6.45, 7) is 0. The summed E-state index contributed by atoms with van der Waals surface area (Å²) in [6, 6.07) is 0. The minimum Gasteiger partial charge on any atom is -0.464 e. The van der Waals surface area contributed by atoms with Gasteiger partial charge in [-0.05, 0) is 12.8 Å². The van der Waals surface area contributed by atoms with Crippen molar-refractivity contribution in [3.8, 4) is 0 Å². The molecule has 0 amide bonds. The van der Waals surface area contributed by atoms with Crippen molar-refractivity contribution in [2.45, 2.75) is 18.9 Å². The predicted molar refractivity (Wildman–Crippen MR) is 59.8 cm³/mol. The zero-order valence-corrected chi connectivity index (χ0v) is 9.67. The van der Waals surface area contributed by atoms with Gasteiger partial charge in [0.15, 0.2) is 11.4 Å². The van der Waals surface area contributed by atoms with Gasteiger partial charge in [-0.1, -0.05) is 12.2 Å². The molecule has 1 aromatic heterocycles. The van der Waals surface area contributed by atoms with Crippen LogP contribution in [0.25, 0.3) is 6.08 Å². The zero-order valence-electron chi connectivity index (χ0n) is 9.67. The summed E-state index contributed by atoms with van der Waals surface area (Å²) in [5, 5.41) is 7.56. The van der Waals surface area contributed by atoms with Crippen LogP contribution in [0.5, 0.6) is 0 Å². The molecule has 0 radical (unpaired) electrons. The van der Waals surface area contributed by atoms with Gasteiger partial charge in [-0.15, -0.1) is 10.2 Å². The van der Waals surface area contributed by atoms with Gasteiger partial charge in [0, 0.05) is 11.1 Å². The molecular weight excluding hydrogens is 236 g/mol. The molecule has 1 aromatic rings. The Kier molecular flexibility index (Phi) is 2.36. The number of aromatic nitrogens is 2. The molecule has 1 atom stereocenters. The van der Waals surface area contributed by atoms with E-state index in [1.807, 2.05) is 6.08 Å². The van der Waals surface area contributed by atoms with Crippen molar-refractivity contribution in [3.05, 3.63) is 28.6 Å². The molecule has 18 heavy (non-hydrogen) atoms. The first-order valence-corrected chi connectivity index (χ1v) is 5.58. The number of hydrogen-bond acceptors (Lipinski definition) is 6. The molecule has 92 valence electrons. The number of carbonyl (C=O) groups excluding carboxylic acids is 2. The first-order chi connectivity index (χ1) is 8.72. The van der Waals surface area contributed by atoms with Crippen LogP contribution in [0.1, 0.15) is 51.0 Å². The molecular formula is C12H10N2O4. The second-order valence-corrected chi connectivity index (χ2v) is 4.09. The molecule has 1 aliphatic heterocycles. The molecule has 0 fully saturated rings. The average Bonchev–Trinajstić information content (AvgIpc) is 2.58.